The van der Waals surface area contributed by atoms with Gasteiger partial charge in [-0.15, -0.1) is 0 Å². The summed E-state index contributed by atoms with van der Waals surface area (Å²) in [6, 6.07) is 7.70. The number of aliphatic hydroxyl groups is 1. The molecule has 0 fully saturated rings. The summed E-state index contributed by atoms with van der Waals surface area (Å²) in [6.07, 6.45) is 0.0695. The fraction of sp³-hybridized carbons (Fsp3) is 0.625. The first kappa shape index (κ1) is 18.4. The maximum atomic E-state index is 10.3. The standard InChI is InChI=1S/C16H26ClNO3/c1-13(12-21-3)18(10-11-20-2)9-8-16(19)14-6-4-5-7-15(14)17/h4-7,13,16,19H,8-12H2,1-3H3. The lowest BCUT2D eigenvalue weighted by atomic mass is 10.1. The summed E-state index contributed by atoms with van der Waals surface area (Å²) < 4.78 is 10.4. The molecule has 2 unspecified atom stereocenters. The van der Waals surface area contributed by atoms with Crippen LogP contribution in [0.3, 0.4) is 0 Å². The number of nitrogens with zero attached hydrogens (tertiary/aromatic N) is 1. The van der Waals surface area contributed by atoms with E-state index < -0.39 is 6.10 Å². The van der Waals surface area contributed by atoms with Crippen LogP contribution < -0.4 is 0 Å². The Kier molecular flexibility index (Phi) is 8.88. The predicted octanol–water partition coefficient (Wildman–Crippen LogP) is 2.75. The van der Waals surface area contributed by atoms with Crippen LogP contribution >= 0.6 is 11.6 Å². The van der Waals surface area contributed by atoms with Crippen LogP contribution in [0.15, 0.2) is 24.3 Å². The molecule has 0 amide bonds. The topological polar surface area (TPSA) is 41.9 Å². The summed E-state index contributed by atoms with van der Waals surface area (Å²) in [4.78, 5) is 2.26. The molecule has 0 spiro atoms. The summed E-state index contributed by atoms with van der Waals surface area (Å²) in [5, 5.41) is 10.9. The Bertz CT molecular complexity index is 403. The minimum Gasteiger partial charge on any atom is -0.388 e. The molecule has 1 aromatic rings. The zero-order chi connectivity index (χ0) is 15.7. The van der Waals surface area contributed by atoms with E-state index in [1.807, 2.05) is 18.2 Å². The summed E-state index contributed by atoms with van der Waals surface area (Å²) in [5.74, 6) is 0. The number of aliphatic hydroxyl groups excluding tert-OH is 1. The second kappa shape index (κ2) is 10.1. The number of halogens is 1. The van der Waals surface area contributed by atoms with Crippen molar-refractivity contribution in [3.8, 4) is 0 Å². The molecule has 0 aromatic heterocycles. The molecule has 1 N–H and O–H groups in total. The van der Waals surface area contributed by atoms with Crippen molar-refractivity contribution in [3.05, 3.63) is 34.9 Å². The lowest BCUT2D eigenvalue weighted by molar-refractivity contribution is 0.0612. The van der Waals surface area contributed by atoms with Crippen molar-refractivity contribution in [2.24, 2.45) is 0 Å². The monoisotopic (exact) mass is 315 g/mol. The van der Waals surface area contributed by atoms with Gasteiger partial charge >= 0.3 is 0 Å². The number of hydrogen-bond acceptors (Lipinski definition) is 4. The Morgan fingerprint density at radius 1 is 1.19 bits per heavy atom. The van der Waals surface area contributed by atoms with Crippen molar-refractivity contribution < 1.29 is 14.6 Å². The van der Waals surface area contributed by atoms with E-state index in [0.29, 0.717) is 24.7 Å². The van der Waals surface area contributed by atoms with Crippen molar-refractivity contribution in [2.45, 2.75) is 25.5 Å². The van der Waals surface area contributed by atoms with Gasteiger partial charge in [-0.2, -0.15) is 0 Å². The van der Waals surface area contributed by atoms with Gasteiger partial charge in [-0.25, -0.2) is 0 Å². The van der Waals surface area contributed by atoms with Crippen LogP contribution in [-0.2, 0) is 9.47 Å². The Balaban J connectivity index is 2.56. The summed E-state index contributed by atoms with van der Waals surface area (Å²) in [6.45, 7) is 5.01. The van der Waals surface area contributed by atoms with Crippen LogP contribution in [-0.4, -0.2) is 56.6 Å². The van der Waals surface area contributed by atoms with Crippen molar-refractivity contribution >= 4 is 11.6 Å². The summed E-state index contributed by atoms with van der Waals surface area (Å²) >= 11 is 6.12. The molecular weight excluding hydrogens is 290 g/mol. The van der Waals surface area contributed by atoms with Crippen molar-refractivity contribution in [2.75, 3.05) is 40.5 Å². The Labute approximate surface area is 132 Å². The average Bonchev–Trinajstić information content (AvgIpc) is 2.47. The van der Waals surface area contributed by atoms with Gasteiger partial charge in [0, 0.05) is 38.4 Å². The van der Waals surface area contributed by atoms with Crippen LogP contribution in [0, 0.1) is 0 Å². The van der Waals surface area contributed by atoms with Crippen LogP contribution in [0.2, 0.25) is 5.02 Å². The van der Waals surface area contributed by atoms with E-state index in [4.69, 9.17) is 21.1 Å². The molecular formula is C16H26ClNO3. The molecule has 0 heterocycles. The van der Waals surface area contributed by atoms with Crippen LogP contribution in [0.1, 0.15) is 25.0 Å². The molecule has 0 radical (unpaired) electrons. The first-order chi connectivity index (χ1) is 10.1. The van der Waals surface area contributed by atoms with Gasteiger partial charge in [-0.1, -0.05) is 29.8 Å². The van der Waals surface area contributed by atoms with Gasteiger partial charge in [0.15, 0.2) is 0 Å². The highest BCUT2D eigenvalue weighted by molar-refractivity contribution is 6.31. The zero-order valence-electron chi connectivity index (χ0n) is 13.1. The van der Waals surface area contributed by atoms with Crippen LogP contribution in [0.25, 0.3) is 0 Å². The molecule has 0 aliphatic carbocycles. The third kappa shape index (κ3) is 6.32. The number of methoxy groups -OCH3 is 2. The molecule has 1 rings (SSSR count). The molecule has 2 atom stereocenters. The third-order valence-electron chi connectivity index (χ3n) is 3.57. The lowest BCUT2D eigenvalue weighted by Gasteiger charge is -2.29. The van der Waals surface area contributed by atoms with Crippen molar-refractivity contribution in [1.82, 2.24) is 4.90 Å². The Morgan fingerprint density at radius 2 is 1.90 bits per heavy atom. The highest BCUT2D eigenvalue weighted by Crippen LogP contribution is 2.25. The third-order valence-corrected chi connectivity index (χ3v) is 3.91. The zero-order valence-corrected chi connectivity index (χ0v) is 13.8. The minimum absolute atomic E-state index is 0.281. The van der Waals surface area contributed by atoms with Gasteiger partial charge in [0.05, 0.1) is 19.3 Å². The van der Waals surface area contributed by atoms with E-state index in [2.05, 4.69) is 11.8 Å². The van der Waals surface area contributed by atoms with Crippen molar-refractivity contribution in [3.63, 3.8) is 0 Å². The molecule has 120 valence electrons. The maximum absolute atomic E-state index is 10.3. The number of ether oxygens (including phenoxy) is 2. The van der Waals surface area contributed by atoms with E-state index in [0.717, 1.165) is 18.7 Å². The Morgan fingerprint density at radius 3 is 2.52 bits per heavy atom. The molecule has 21 heavy (non-hydrogen) atoms. The predicted molar refractivity (Wildman–Crippen MR) is 85.8 cm³/mol. The first-order valence-electron chi connectivity index (χ1n) is 7.24. The summed E-state index contributed by atoms with van der Waals surface area (Å²) in [7, 11) is 3.39. The van der Waals surface area contributed by atoms with Crippen LogP contribution in [0.4, 0.5) is 0 Å². The molecule has 0 aliphatic heterocycles. The van der Waals surface area contributed by atoms with Gasteiger partial charge in [0.25, 0.3) is 0 Å². The normalized spacial score (nSPS) is 14.4. The molecule has 5 heteroatoms. The summed E-state index contributed by atoms with van der Waals surface area (Å²) in [5.41, 5.74) is 0.783. The molecule has 0 saturated carbocycles. The van der Waals surface area contributed by atoms with Gasteiger partial charge in [-0.3, -0.25) is 4.90 Å². The lowest BCUT2D eigenvalue weighted by Crippen LogP contribution is -2.39. The molecule has 0 saturated heterocycles. The second-order valence-electron chi connectivity index (χ2n) is 5.16. The minimum atomic E-state index is -0.557. The van der Waals surface area contributed by atoms with E-state index >= 15 is 0 Å². The van der Waals surface area contributed by atoms with Gasteiger partial charge in [-0.05, 0) is 25.0 Å². The highest BCUT2D eigenvalue weighted by atomic mass is 35.5. The van der Waals surface area contributed by atoms with E-state index in [1.54, 1.807) is 20.3 Å². The van der Waals surface area contributed by atoms with Crippen molar-refractivity contribution in [1.29, 1.82) is 0 Å². The molecule has 0 bridgehead atoms. The van der Waals surface area contributed by atoms with E-state index in [-0.39, 0.29) is 6.04 Å². The second-order valence-corrected chi connectivity index (χ2v) is 5.57. The maximum Gasteiger partial charge on any atom is 0.0816 e. The van der Waals surface area contributed by atoms with Gasteiger partial charge < -0.3 is 14.6 Å². The molecule has 0 aliphatic rings. The number of hydrogen-bond donors (Lipinski definition) is 1. The Hall–Kier alpha value is -0.650. The van der Waals surface area contributed by atoms with Gasteiger partial charge in [0.2, 0.25) is 0 Å². The largest absolute Gasteiger partial charge is 0.388 e. The quantitative estimate of drug-likeness (QED) is 0.721. The number of rotatable bonds is 10. The van der Waals surface area contributed by atoms with Gasteiger partial charge in [0.1, 0.15) is 0 Å². The fourth-order valence-corrected chi connectivity index (χ4v) is 2.56. The van der Waals surface area contributed by atoms with E-state index in [9.17, 15) is 5.11 Å². The first-order valence-corrected chi connectivity index (χ1v) is 7.62. The smallest absolute Gasteiger partial charge is 0.0816 e. The molecule has 4 nitrogen and oxygen atoms in total. The highest BCUT2D eigenvalue weighted by Gasteiger charge is 2.17. The molecule has 1 aromatic carbocycles. The number of benzene rings is 1. The average molecular weight is 316 g/mol. The van der Waals surface area contributed by atoms with E-state index in [1.165, 1.54) is 0 Å². The fourth-order valence-electron chi connectivity index (χ4n) is 2.30. The SMILES string of the molecule is COCCN(CCC(O)c1ccccc1Cl)C(C)COC. The van der Waals surface area contributed by atoms with Crippen LogP contribution in [0.5, 0.6) is 0 Å².